The summed E-state index contributed by atoms with van der Waals surface area (Å²) in [6.07, 6.45) is -15.4. The van der Waals surface area contributed by atoms with E-state index in [2.05, 4.69) is 0 Å². The van der Waals surface area contributed by atoms with Gasteiger partial charge in [0.15, 0.2) is 16.9 Å². The predicted octanol–water partition coefficient (Wildman–Crippen LogP) is -2.47. The Kier molecular flexibility index (Phi) is 9.28. The lowest BCUT2D eigenvalue weighted by molar-refractivity contribution is -0.277. The summed E-state index contributed by atoms with van der Waals surface area (Å²) in [5, 5.41) is 89.8. The molecule has 0 radical (unpaired) electrons. The fraction of sp³-hybridized carbons (Fsp3) is 0.464. The van der Waals surface area contributed by atoms with Crippen LogP contribution in [0, 0.1) is 0 Å². The van der Waals surface area contributed by atoms with Crippen LogP contribution in [0.5, 0.6) is 23.0 Å². The average Bonchev–Trinajstić information content (AvgIpc) is 3.01. The number of methoxy groups -OCH3 is 1. The minimum absolute atomic E-state index is 0.0181. The first-order valence-corrected chi connectivity index (χ1v) is 13.4. The van der Waals surface area contributed by atoms with Gasteiger partial charge in [-0.05, 0) is 18.2 Å². The molecular weight excluding hydrogens is 592 g/mol. The van der Waals surface area contributed by atoms with Crippen LogP contribution < -0.4 is 19.6 Å². The Morgan fingerprint density at radius 3 is 1.89 bits per heavy atom. The van der Waals surface area contributed by atoms with Crippen molar-refractivity contribution in [1.29, 1.82) is 0 Å². The predicted molar refractivity (Wildman–Crippen MR) is 145 cm³/mol. The first kappa shape index (κ1) is 31.9. The zero-order valence-electron chi connectivity index (χ0n) is 23.0. The third kappa shape index (κ3) is 5.92. The topological polar surface area (TPSA) is 258 Å². The lowest BCUT2D eigenvalue weighted by Gasteiger charge is -2.39. The molecule has 240 valence electrons. The maximum atomic E-state index is 13.0. The van der Waals surface area contributed by atoms with Crippen LogP contribution in [0.25, 0.3) is 22.3 Å². The van der Waals surface area contributed by atoms with Gasteiger partial charge in [0, 0.05) is 23.8 Å². The Morgan fingerprint density at radius 1 is 0.727 bits per heavy atom. The van der Waals surface area contributed by atoms with Crippen LogP contribution in [-0.4, -0.2) is 128 Å². The highest BCUT2D eigenvalue weighted by Gasteiger charge is 2.46. The Morgan fingerprint density at radius 2 is 1.32 bits per heavy atom. The van der Waals surface area contributed by atoms with E-state index < -0.39 is 85.8 Å². The van der Waals surface area contributed by atoms with Gasteiger partial charge in [0.2, 0.25) is 12.6 Å². The fourth-order valence-corrected chi connectivity index (χ4v) is 4.96. The van der Waals surface area contributed by atoms with Gasteiger partial charge in [0.05, 0.1) is 20.3 Å². The normalized spacial score (nSPS) is 32.4. The molecule has 2 aliphatic rings. The van der Waals surface area contributed by atoms with Crippen molar-refractivity contribution in [1.82, 2.24) is 0 Å². The molecule has 0 saturated carbocycles. The van der Waals surface area contributed by atoms with Gasteiger partial charge in [0.25, 0.3) is 0 Å². The van der Waals surface area contributed by atoms with E-state index in [0.717, 1.165) is 12.1 Å². The van der Waals surface area contributed by atoms with Crippen LogP contribution in [-0.2, 0) is 9.47 Å². The number of aromatic hydroxyl groups is 1. The molecule has 2 saturated heterocycles. The zero-order chi connectivity index (χ0) is 31.9. The summed E-state index contributed by atoms with van der Waals surface area (Å²) in [5.74, 6) is -0.519. The number of ether oxygens (including phenoxy) is 5. The van der Waals surface area contributed by atoms with Crippen molar-refractivity contribution in [2.24, 2.45) is 0 Å². The lowest BCUT2D eigenvalue weighted by Crippen LogP contribution is -2.60. The number of fused-ring (bicyclic) bond motifs is 1. The second-order valence-electron chi connectivity index (χ2n) is 10.3. The first-order valence-electron chi connectivity index (χ1n) is 13.4. The quantitative estimate of drug-likeness (QED) is 0.126. The number of benzene rings is 2. The maximum Gasteiger partial charge on any atom is 0.229 e. The maximum absolute atomic E-state index is 13.0. The molecule has 16 heteroatoms. The van der Waals surface area contributed by atoms with Gasteiger partial charge in [-0.25, -0.2) is 0 Å². The zero-order valence-corrected chi connectivity index (χ0v) is 23.0. The molecule has 2 aliphatic heterocycles. The Labute approximate surface area is 248 Å². The molecule has 0 amide bonds. The van der Waals surface area contributed by atoms with Crippen LogP contribution >= 0.6 is 0 Å². The molecule has 0 bridgehead atoms. The van der Waals surface area contributed by atoms with Crippen molar-refractivity contribution in [3.05, 3.63) is 46.6 Å². The number of phenols is 1. The molecule has 0 unspecified atom stereocenters. The summed E-state index contributed by atoms with van der Waals surface area (Å²) in [6.45, 7) is -1.32. The van der Waals surface area contributed by atoms with E-state index in [1.807, 2.05) is 0 Å². The number of phenolic OH excluding ortho intramolecular Hbond substituents is 1. The summed E-state index contributed by atoms with van der Waals surface area (Å²) >= 11 is 0. The molecule has 5 rings (SSSR count). The second kappa shape index (κ2) is 12.8. The smallest absolute Gasteiger partial charge is 0.229 e. The standard InChI is InChI=1S/C28H32O16/c1-39-16-4-10(2-3-14(16)42-28-26(38)24(36)22(34)19(9-30)44-28)15-7-13(32)20-12(31)5-11(6-17(20)41-15)40-27-25(37)23(35)21(33)18(8-29)43-27/h2-7,18-19,21-31,33-38H,8-9H2,1H3/t18-,19-,21-,22-,23+,24+,25-,26-,27-,28-/m1/s1. The SMILES string of the molecule is COc1cc(-c2cc(=O)c3c(O)cc(O[C@@H]4O[C@H](CO)[C@@H](O)[C@H](O)[C@H]4O)cc3o2)ccc1O[C@@H]1O[C@H](CO)[C@@H](O)[C@H](O)[C@H]1O. The molecule has 3 aromatic rings. The minimum Gasteiger partial charge on any atom is -0.507 e. The molecule has 10 atom stereocenters. The molecule has 44 heavy (non-hydrogen) atoms. The molecule has 3 heterocycles. The van der Waals surface area contributed by atoms with E-state index in [1.165, 1.54) is 31.4 Å². The largest absolute Gasteiger partial charge is 0.507 e. The van der Waals surface area contributed by atoms with E-state index in [0.29, 0.717) is 5.56 Å². The number of aliphatic hydroxyl groups excluding tert-OH is 8. The molecule has 0 spiro atoms. The monoisotopic (exact) mass is 624 g/mol. The first-order chi connectivity index (χ1) is 21.0. The Balaban J connectivity index is 1.43. The van der Waals surface area contributed by atoms with Crippen molar-refractivity contribution >= 4 is 11.0 Å². The van der Waals surface area contributed by atoms with Crippen LogP contribution in [0.4, 0.5) is 0 Å². The number of hydrogen-bond donors (Lipinski definition) is 9. The van der Waals surface area contributed by atoms with Crippen LogP contribution in [0.1, 0.15) is 0 Å². The van der Waals surface area contributed by atoms with E-state index in [4.69, 9.17) is 28.1 Å². The van der Waals surface area contributed by atoms with Crippen LogP contribution in [0.15, 0.2) is 45.6 Å². The second-order valence-corrected chi connectivity index (χ2v) is 10.3. The van der Waals surface area contributed by atoms with Crippen molar-refractivity contribution in [2.75, 3.05) is 20.3 Å². The number of aliphatic hydroxyl groups is 8. The van der Waals surface area contributed by atoms with Crippen LogP contribution in [0.2, 0.25) is 0 Å². The van der Waals surface area contributed by atoms with Crippen molar-refractivity contribution < 1.29 is 74.1 Å². The van der Waals surface area contributed by atoms with Gasteiger partial charge < -0.3 is 74.1 Å². The Bertz CT molecular complexity index is 1520. The number of hydrogen-bond acceptors (Lipinski definition) is 16. The van der Waals surface area contributed by atoms with Crippen molar-refractivity contribution in [3.8, 4) is 34.3 Å². The summed E-state index contributed by atoms with van der Waals surface area (Å²) in [5.41, 5.74) is -0.451. The highest BCUT2D eigenvalue weighted by Crippen LogP contribution is 2.37. The van der Waals surface area contributed by atoms with E-state index in [-0.39, 0.29) is 34.0 Å². The summed E-state index contributed by atoms with van der Waals surface area (Å²) in [6, 6.07) is 7.71. The molecule has 16 nitrogen and oxygen atoms in total. The van der Waals surface area contributed by atoms with Crippen molar-refractivity contribution in [3.63, 3.8) is 0 Å². The van der Waals surface area contributed by atoms with E-state index in [9.17, 15) is 50.8 Å². The Hall–Kier alpha value is -3.55. The molecule has 1 aromatic heterocycles. The van der Waals surface area contributed by atoms with E-state index >= 15 is 0 Å². The lowest BCUT2D eigenvalue weighted by atomic mass is 9.99. The highest BCUT2D eigenvalue weighted by molar-refractivity contribution is 5.86. The van der Waals surface area contributed by atoms with Gasteiger partial charge >= 0.3 is 0 Å². The minimum atomic E-state index is -1.72. The summed E-state index contributed by atoms with van der Waals surface area (Å²) in [7, 11) is 1.32. The molecular formula is C28H32O16. The van der Waals surface area contributed by atoms with Gasteiger partial charge in [-0.15, -0.1) is 0 Å². The van der Waals surface area contributed by atoms with Gasteiger partial charge in [0.1, 0.15) is 77.1 Å². The van der Waals surface area contributed by atoms with Gasteiger partial charge in [-0.2, -0.15) is 0 Å². The fourth-order valence-electron chi connectivity index (χ4n) is 4.96. The molecule has 9 N–H and O–H groups in total. The third-order valence-electron chi connectivity index (χ3n) is 7.42. The van der Waals surface area contributed by atoms with E-state index in [1.54, 1.807) is 0 Å². The third-order valence-corrected chi connectivity index (χ3v) is 7.42. The highest BCUT2D eigenvalue weighted by atomic mass is 16.7. The summed E-state index contributed by atoms with van der Waals surface area (Å²) in [4.78, 5) is 13.0. The molecule has 0 aliphatic carbocycles. The van der Waals surface area contributed by atoms with Gasteiger partial charge in [-0.3, -0.25) is 4.79 Å². The summed E-state index contributed by atoms with van der Waals surface area (Å²) < 4.78 is 33.2. The average molecular weight is 625 g/mol. The van der Waals surface area contributed by atoms with Crippen LogP contribution in [0.3, 0.4) is 0 Å². The molecule has 2 aromatic carbocycles. The van der Waals surface area contributed by atoms with Gasteiger partial charge in [-0.1, -0.05) is 0 Å². The number of rotatable bonds is 8. The van der Waals surface area contributed by atoms with Crippen molar-refractivity contribution in [2.45, 2.75) is 61.4 Å². The molecule has 2 fully saturated rings.